The molecule has 1 N–H and O–H groups in total. The largest absolute Gasteiger partial charge is 0.358 e. The van der Waals surface area contributed by atoms with Gasteiger partial charge in [-0.3, -0.25) is 0 Å². The summed E-state index contributed by atoms with van der Waals surface area (Å²) in [6.07, 6.45) is 0. The molecule has 1 aromatic heterocycles. The Morgan fingerprint density at radius 3 is 3.11 bits per heavy atom. The number of benzene rings is 1. The van der Waals surface area contributed by atoms with Gasteiger partial charge < -0.3 is 10.2 Å². The van der Waals surface area contributed by atoms with Crippen LogP contribution in [0.2, 0.25) is 0 Å². The van der Waals surface area contributed by atoms with Crippen LogP contribution >= 0.6 is 11.5 Å². The number of rotatable bonds is 1. The van der Waals surface area contributed by atoms with Gasteiger partial charge in [0.25, 0.3) is 0 Å². The zero-order chi connectivity index (χ0) is 12.1. The van der Waals surface area contributed by atoms with Crippen molar-refractivity contribution in [1.29, 1.82) is 0 Å². The Bertz CT molecular complexity index is 579. The fourth-order valence-corrected chi connectivity index (χ4v) is 4.48. The number of nitrogens with zero attached hydrogens (tertiary/aromatic N) is 2. The highest BCUT2D eigenvalue weighted by molar-refractivity contribution is 7.11. The van der Waals surface area contributed by atoms with Crippen molar-refractivity contribution < 1.29 is 0 Å². The predicted octanol–water partition coefficient (Wildman–Crippen LogP) is 2.34. The summed E-state index contributed by atoms with van der Waals surface area (Å²) in [5.74, 6) is 1.63. The third-order valence-electron chi connectivity index (χ3n) is 4.56. The van der Waals surface area contributed by atoms with Gasteiger partial charge in [0, 0.05) is 31.1 Å². The maximum atomic E-state index is 4.58. The molecule has 0 bridgehead atoms. The third-order valence-corrected chi connectivity index (χ3v) is 5.48. The monoisotopic (exact) mass is 259 g/mol. The third kappa shape index (κ3) is 1.42. The zero-order valence-electron chi connectivity index (χ0n) is 10.5. The SMILES string of the molecule is CC1C2CNCC2CN1c1snc2ccccc12. The van der Waals surface area contributed by atoms with Crippen LogP contribution in [0.4, 0.5) is 5.00 Å². The molecule has 3 unspecified atom stereocenters. The fourth-order valence-electron chi connectivity index (χ4n) is 3.52. The van der Waals surface area contributed by atoms with Gasteiger partial charge in [-0.15, -0.1) is 0 Å². The summed E-state index contributed by atoms with van der Waals surface area (Å²) in [6.45, 7) is 5.92. The minimum atomic E-state index is 0.633. The molecular formula is C14H17N3S. The zero-order valence-corrected chi connectivity index (χ0v) is 11.3. The summed E-state index contributed by atoms with van der Waals surface area (Å²) < 4.78 is 4.58. The van der Waals surface area contributed by atoms with E-state index in [1.54, 1.807) is 11.5 Å². The minimum Gasteiger partial charge on any atom is -0.358 e. The van der Waals surface area contributed by atoms with Crippen LogP contribution in [0.15, 0.2) is 24.3 Å². The summed E-state index contributed by atoms with van der Waals surface area (Å²) in [5.41, 5.74) is 1.14. The maximum absolute atomic E-state index is 4.58. The van der Waals surface area contributed by atoms with E-state index in [4.69, 9.17) is 0 Å². The lowest BCUT2D eigenvalue weighted by atomic mass is 9.95. The number of fused-ring (bicyclic) bond motifs is 2. The van der Waals surface area contributed by atoms with Crippen LogP contribution in [-0.4, -0.2) is 30.0 Å². The molecule has 2 aliphatic rings. The molecule has 18 heavy (non-hydrogen) atoms. The Morgan fingerprint density at radius 1 is 1.33 bits per heavy atom. The molecule has 0 spiro atoms. The molecule has 4 rings (SSSR count). The Hall–Kier alpha value is -1.13. The Morgan fingerprint density at radius 2 is 2.22 bits per heavy atom. The first-order chi connectivity index (χ1) is 8.84. The van der Waals surface area contributed by atoms with Crippen molar-refractivity contribution in [2.45, 2.75) is 13.0 Å². The quantitative estimate of drug-likeness (QED) is 0.852. The van der Waals surface area contributed by atoms with E-state index in [0.29, 0.717) is 6.04 Å². The Balaban J connectivity index is 1.75. The molecule has 0 amide bonds. The Kier molecular flexibility index (Phi) is 2.35. The molecule has 2 aromatic rings. The first-order valence-corrected chi connectivity index (χ1v) is 7.43. The van der Waals surface area contributed by atoms with Gasteiger partial charge in [0.2, 0.25) is 0 Å². The van der Waals surface area contributed by atoms with Crippen molar-refractivity contribution in [3.63, 3.8) is 0 Å². The van der Waals surface area contributed by atoms with E-state index in [1.165, 1.54) is 30.0 Å². The van der Waals surface area contributed by atoms with E-state index in [2.05, 4.69) is 45.8 Å². The lowest BCUT2D eigenvalue weighted by Gasteiger charge is -2.24. The van der Waals surface area contributed by atoms with Gasteiger partial charge in [0.15, 0.2) is 0 Å². The summed E-state index contributed by atoms with van der Waals surface area (Å²) in [5, 5.41) is 6.21. The molecule has 3 atom stereocenters. The van der Waals surface area contributed by atoms with E-state index >= 15 is 0 Å². The van der Waals surface area contributed by atoms with Crippen LogP contribution in [0.5, 0.6) is 0 Å². The second kappa shape index (κ2) is 3.93. The second-order valence-corrected chi connectivity index (χ2v) is 6.23. The van der Waals surface area contributed by atoms with E-state index in [9.17, 15) is 0 Å². The molecule has 2 saturated heterocycles. The highest BCUT2D eigenvalue weighted by Crippen LogP contribution is 2.40. The predicted molar refractivity (Wildman–Crippen MR) is 76.3 cm³/mol. The molecule has 2 aliphatic heterocycles. The van der Waals surface area contributed by atoms with Gasteiger partial charge in [0.1, 0.15) is 5.00 Å². The summed E-state index contributed by atoms with van der Waals surface area (Å²) >= 11 is 1.66. The number of hydrogen-bond donors (Lipinski definition) is 1. The summed E-state index contributed by atoms with van der Waals surface area (Å²) in [4.78, 5) is 2.58. The van der Waals surface area contributed by atoms with Gasteiger partial charge >= 0.3 is 0 Å². The summed E-state index contributed by atoms with van der Waals surface area (Å²) in [6, 6.07) is 9.13. The van der Waals surface area contributed by atoms with Crippen molar-refractivity contribution in [3.05, 3.63) is 24.3 Å². The number of aromatic nitrogens is 1. The van der Waals surface area contributed by atoms with Gasteiger partial charge in [-0.05, 0) is 42.4 Å². The second-order valence-electron chi connectivity index (χ2n) is 5.48. The van der Waals surface area contributed by atoms with E-state index in [-0.39, 0.29) is 0 Å². The lowest BCUT2D eigenvalue weighted by Crippen LogP contribution is -2.32. The number of hydrogen-bond acceptors (Lipinski definition) is 4. The van der Waals surface area contributed by atoms with Crippen LogP contribution in [0.25, 0.3) is 10.9 Å². The van der Waals surface area contributed by atoms with Gasteiger partial charge in [-0.1, -0.05) is 12.1 Å². The van der Waals surface area contributed by atoms with Crippen molar-refractivity contribution in [2.24, 2.45) is 11.8 Å². The van der Waals surface area contributed by atoms with E-state index < -0.39 is 0 Å². The van der Waals surface area contributed by atoms with Crippen LogP contribution in [0, 0.1) is 11.8 Å². The molecule has 4 heteroatoms. The van der Waals surface area contributed by atoms with Crippen LogP contribution in [0.3, 0.4) is 0 Å². The Labute approximate surface area is 111 Å². The molecule has 2 fully saturated rings. The highest BCUT2D eigenvalue weighted by atomic mass is 32.1. The van der Waals surface area contributed by atoms with Crippen LogP contribution in [0.1, 0.15) is 6.92 Å². The molecule has 94 valence electrons. The van der Waals surface area contributed by atoms with Crippen molar-refractivity contribution in [3.8, 4) is 0 Å². The molecule has 3 nitrogen and oxygen atoms in total. The van der Waals surface area contributed by atoms with Crippen LogP contribution < -0.4 is 10.2 Å². The fraction of sp³-hybridized carbons (Fsp3) is 0.500. The normalized spacial score (nSPS) is 31.2. The number of anilines is 1. The molecule has 1 aromatic carbocycles. The smallest absolute Gasteiger partial charge is 0.120 e. The average Bonchev–Trinajstić information content (AvgIpc) is 3.06. The van der Waals surface area contributed by atoms with Gasteiger partial charge in [0.05, 0.1) is 5.52 Å². The standard InChI is InChI=1S/C14H17N3S/c1-9-12-7-15-6-10(12)8-17(9)14-11-4-2-3-5-13(11)16-18-14/h2-5,9-10,12,15H,6-8H2,1H3. The van der Waals surface area contributed by atoms with Crippen molar-refractivity contribution >= 4 is 27.4 Å². The lowest BCUT2D eigenvalue weighted by molar-refractivity contribution is 0.472. The number of nitrogens with one attached hydrogen (secondary N) is 1. The van der Waals surface area contributed by atoms with Crippen molar-refractivity contribution in [2.75, 3.05) is 24.5 Å². The molecule has 0 saturated carbocycles. The first-order valence-electron chi connectivity index (χ1n) is 6.66. The first kappa shape index (κ1) is 10.8. The van der Waals surface area contributed by atoms with Gasteiger partial charge in [-0.25, -0.2) is 0 Å². The van der Waals surface area contributed by atoms with Gasteiger partial charge in [-0.2, -0.15) is 4.37 Å². The van der Waals surface area contributed by atoms with Crippen LogP contribution in [-0.2, 0) is 0 Å². The summed E-state index contributed by atoms with van der Waals surface area (Å²) in [7, 11) is 0. The van der Waals surface area contributed by atoms with Crippen molar-refractivity contribution in [1.82, 2.24) is 9.69 Å². The maximum Gasteiger partial charge on any atom is 0.120 e. The molecular weight excluding hydrogens is 242 g/mol. The minimum absolute atomic E-state index is 0.633. The molecule has 0 radical (unpaired) electrons. The topological polar surface area (TPSA) is 28.2 Å². The van der Waals surface area contributed by atoms with E-state index in [1.807, 2.05) is 0 Å². The average molecular weight is 259 g/mol. The molecule has 3 heterocycles. The molecule has 0 aliphatic carbocycles. The van der Waals surface area contributed by atoms with E-state index in [0.717, 1.165) is 17.4 Å². The highest BCUT2D eigenvalue weighted by Gasteiger charge is 2.42.